The van der Waals surface area contributed by atoms with Gasteiger partial charge in [0.05, 0.1) is 38.1 Å². The minimum atomic E-state index is -1.26. The maximum absolute atomic E-state index is 16.1. The van der Waals surface area contributed by atoms with Gasteiger partial charge < -0.3 is 28.4 Å². The third kappa shape index (κ3) is 19.9. The van der Waals surface area contributed by atoms with Gasteiger partial charge >= 0.3 is 11.9 Å². The normalized spacial score (nSPS) is 11.2. The van der Waals surface area contributed by atoms with Gasteiger partial charge in [0.2, 0.25) is 11.6 Å². The van der Waals surface area contributed by atoms with Crippen LogP contribution in [0.15, 0.2) is 97.1 Å². The van der Waals surface area contributed by atoms with E-state index in [2.05, 4.69) is 20.8 Å². The van der Waals surface area contributed by atoms with Crippen molar-refractivity contribution in [2.75, 3.05) is 26.9 Å². The Morgan fingerprint density at radius 2 is 0.831 bits per heavy atom. The molecule has 2 aromatic heterocycles. The van der Waals surface area contributed by atoms with Crippen LogP contribution in [0.4, 0.5) is 8.78 Å². The smallest absolute Gasteiger partial charge is 0.343 e. The highest BCUT2D eigenvalue weighted by molar-refractivity contribution is 7.25. The first-order valence-corrected chi connectivity index (χ1v) is 30.3. The zero-order valence-corrected chi connectivity index (χ0v) is 47.8. The van der Waals surface area contributed by atoms with Crippen LogP contribution in [0.2, 0.25) is 0 Å². The quantitative estimate of drug-likeness (QED) is 0.0215. The molecule has 0 amide bonds. The van der Waals surface area contributed by atoms with E-state index in [1.165, 1.54) is 120 Å². The van der Waals surface area contributed by atoms with Crippen LogP contribution in [0.5, 0.6) is 34.5 Å². The SMILES string of the molecule is CCCCCCCCCCOc1cc(C(=O)Oc2ccc(-c3ccc(-c4ccc(-c5ccc(OC(=O)c6ccc(OC)cc6)cc5)s4)s3)c(F)c2F)cc(OCCCCCCCCCC)c1OCCCCCCCCCC. The van der Waals surface area contributed by atoms with Crippen molar-refractivity contribution in [1.82, 2.24) is 0 Å². The fourth-order valence-electron chi connectivity index (χ4n) is 9.08. The third-order valence-corrected chi connectivity index (χ3v) is 16.1. The molecule has 0 spiro atoms. The molecule has 0 radical (unpaired) electrons. The summed E-state index contributed by atoms with van der Waals surface area (Å²) in [5.74, 6) is -1.95. The van der Waals surface area contributed by atoms with Crippen molar-refractivity contribution in [2.24, 2.45) is 0 Å². The van der Waals surface area contributed by atoms with Gasteiger partial charge in [-0.15, -0.1) is 22.7 Å². The van der Waals surface area contributed by atoms with Crippen LogP contribution in [0.1, 0.15) is 196 Å². The van der Waals surface area contributed by atoms with Gasteiger partial charge in [0.1, 0.15) is 11.5 Å². The van der Waals surface area contributed by atoms with E-state index >= 15 is 8.78 Å². The first-order chi connectivity index (χ1) is 37.7. The second-order valence-electron chi connectivity index (χ2n) is 19.9. The molecule has 12 heteroatoms. The fourth-order valence-corrected chi connectivity index (χ4v) is 11.2. The monoisotopic (exact) mass is 1090 g/mol. The van der Waals surface area contributed by atoms with Gasteiger partial charge in [-0.25, -0.2) is 14.0 Å². The summed E-state index contributed by atoms with van der Waals surface area (Å²) in [4.78, 5) is 30.0. The summed E-state index contributed by atoms with van der Waals surface area (Å²) >= 11 is 2.89. The lowest BCUT2D eigenvalue weighted by Crippen LogP contribution is -2.13. The third-order valence-electron chi connectivity index (χ3n) is 13.7. The Morgan fingerprint density at radius 3 is 1.34 bits per heavy atom. The van der Waals surface area contributed by atoms with Crippen LogP contribution in [-0.2, 0) is 0 Å². The van der Waals surface area contributed by atoms with Crippen molar-refractivity contribution in [3.8, 4) is 65.1 Å². The van der Waals surface area contributed by atoms with E-state index < -0.39 is 29.3 Å². The molecule has 8 nitrogen and oxygen atoms in total. The van der Waals surface area contributed by atoms with Crippen LogP contribution in [-0.4, -0.2) is 38.9 Å². The van der Waals surface area contributed by atoms with Crippen molar-refractivity contribution in [1.29, 1.82) is 0 Å². The Hall–Kier alpha value is -5.72. The summed E-state index contributed by atoms with van der Waals surface area (Å²) in [6.45, 7) is 8.02. The molecule has 4 aromatic carbocycles. The van der Waals surface area contributed by atoms with E-state index in [-0.39, 0.29) is 11.1 Å². The zero-order valence-electron chi connectivity index (χ0n) is 46.2. The van der Waals surface area contributed by atoms with Crippen LogP contribution in [0, 0.1) is 11.6 Å². The van der Waals surface area contributed by atoms with Gasteiger partial charge in [0, 0.05) is 25.1 Å². The average Bonchev–Trinajstić information content (AvgIpc) is 4.17. The number of ether oxygens (including phenoxy) is 6. The van der Waals surface area contributed by atoms with Crippen LogP contribution in [0.25, 0.3) is 30.6 Å². The largest absolute Gasteiger partial charge is 0.497 e. The molecule has 0 saturated heterocycles. The molecule has 0 saturated carbocycles. The number of carbonyl (C=O) groups is 2. The Kier molecular flexibility index (Phi) is 26.9. The minimum absolute atomic E-state index is 0.0568. The zero-order chi connectivity index (χ0) is 54.5. The van der Waals surface area contributed by atoms with Crippen LogP contribution in [0.3, 0.4) is 0 Å². The number of unbranched alkanes of at least 4 members (excludes halogenated alkanes) is 21. The number of rotatable bonds is 38. The maximum atomic E-state index is 16.1. The minimum Gasteiger partial charge on any atom is -0.497 e. The molecule has 0 N–H and O–H groups in total. The summed E-state index contributed by atoms with van der Waals surface area (Å²) in [6.07, 6.45) is 27.7. The number of hydrogen-bond acceptors (Lipinski definition) is 10. The second kappa shape index (κ2) is 34.2. The van der Waals surface area contributed by atoms with Gasteiger partial charge in [0.15, 0.2) is 23.1 Å². The standard InChI is InChI=1S/C65H82F2O8S2/c1-5-8-11-14-17-20-23-26-43-71-55-46-50(47-56(72-44-27-24-21-18-15-12-9-6-2)63(55)73-45-28-25-22-19-16-13-10-7-3)65(69)75-54-38-37-53(61(66)62(54)67)58-40-42-60(77-58)59-41-39-57(76-59)48-29-35-52(36-30-48)74-64(68)49-31-33-51(70-4)34-32-49/h29-42,46-47H,5-28,43-45H2,1-4H3. The molecular weight excluding hydrogens is 1010 g/mol. The van der Waals surface area contributed by atoms with E-state index in [1.807, 2.05) is 30.3 Å². The number of thiophene rings is 2. The highest BCUT2D eigenvalue weighted by atomic mass is 32.1. The van der Waals surface area contributed by atoms with Crippen molar-refractivity contribution in [2.45, 2.75) is 175 Å². The molecule has 0 aliphatic carbocycles. The van der Waals surface area contributed by atoms with E-state index in [0.29, 0.717) is 59.0 Å². The van der Waals surface area contributed by atoms with E-state index in [0.717, 1.165) is 78.0 Å². The van der Waals surface area contributed by atoms with Gasteiger partial charge in [0.25, 0.3) is 0 Å². The van der Waals surface area contributed by atoms with Gasteiger partial charge in [-0.3, -0.25) is 0 Å². The summed E-state index contributed by atoms with van der Waals surface area (Å²) in [6, 6.07) is 27.5. The lowest BCUT2D eigenvalue weighted by Gasteiger charge is -2.19. The molecule has 0 aliphatic rings. The number of halogens is 2. The van der Waals surface area contributed by atoms with Crippen LogP contribution >= 0.6 is 22.7 Å². The summed E-state index contributed by atoms with van der Waals surface area (Å²) in [5, 5.41) is 0. The highest BCUT2D eigenvalue weighted by Crippen LogP contribution is 2.43. The first kappa shape index (κ1) is 60.5. The van der Waals surface area contributed by atoms with Gasteiger partial charge in [-0.2, -0.15) is 4.39 Å². The number of carbonyl (C=O) groups excluding carboxylic acids is 2. The predicted molar refractivity (Wildman–Crippen MR) is 312 cm³/mol. The Morgan fingerprint density at radius 1 is 0.403 bits per heavy atom. The topological polar surface area (TPSA) is 89.5 Å². The first-order valence-electron chi connectivity index (χ1n) is 28.7. The molecule has 0 fully saturated rings. The van der Waals surface area contributed by atoms with Crippen molar-refractivity contribution in [3.63, 3.8) is 0 Å². The lowest BCUT2D eigenvalue weighted by atomic mass is 10.1. The number of esters is 2. The molecule has 77 heavy (non-hydrogen) atoms. The molecule has 416 valence electrons. The highest BCUT2D eigenvalue weighted by Gasteiger charge is 2.24. The fraction of sp³-hybridized carbons (Fsp3) is 0.477. The predicted octanol–water partition coefficient (Wildman–Crippen LogP) is 20.1. The lowest BCUT2D eigenvalue weighted by molar-refractivity contribution is 0.0719. The summed E-state index contributed by atoms with van der Waals surface area (Å²) < 4.78 is 67.9. The number of benzene rings is 4. The molecule has 0 bridgehead atoms. The Labute approximate surface area is 465 Å². The summed E-state index contributed by atoms with van der Waals surface area (Å²) in [7, 11) is 1.57. The molecule has 6 rings (SSSR count). The molecule has 0 aliphatic heterocycles. The van der Waals surface area contributed by atoms with E-state index in [1.54, 1.807) is 73.0 Å². The molecule has 0 atom stereocenters. The van der Waals surface area contributed by atoms with Crippen LogP contribution < -0.4 is 28.4 Å². The number of hydrogen-bond donors (Lipinski definition) is 0. The van der Waals surface area contributed by atoms with Crippen molar-refractivity contribution < 1.29 is 46.8 Å². The van der Waals surface area contributed by atoms with Gasteiger partial charge in [-0.1, -0.05) is 156 Å². The maximum Gasteiger partial charge on any atom is 0.343 e. The molecule has 6 aromatic rings. The number of methoxy groups -OCH3 is 1. The van der Waals surface area contributed by atoms with Crippen molar-refractivity contribution >= 4 is 34.6 Å². The van der Waals surface area contributed by atoms with Crippen molar-refractivity contribution in [3.05, 3.63) is 120 Å². The van der Waals surface area contributed by atoms with E-state index in [4.69, 9.17) is 28.4 Å². The molecular formula is C65H82F2O8S2. The summed E-state index contributed by atoms with van der Waals surface area (Å²) in [5.41, 5.74) is 1.49. The average molecular weight is 1090 g/mol. The molecule has 2 heterocycles. The van der Waals surface area contributed by atoms with E-state index in [9.17, 15) is 9.59 Å². The molecule has 0 unspecified atom stereocenters. The Balaban J connectivity index is 1.13. The second-order valence-corrected chi connectivity index (χ2v) is 22.0. The Bertz CT molecular complexity index is 2620. The van der Waals surface area contributed by atoms with Gasteiger partial charge in [-0.05, 0) is 122 Å².